The SMILES string of the molecule is NC(=O)CCCN1CCCCC1(c1ccccc1)c1ccccc1. The second-order valence-corrected chi connectivity index (χ2v) is 6.61. The number of likely N-dealkylation sites (tertiary alicyclic amines) is 1. The maximum atomic E-state index is 11.1. The van der Waals surface area contributed by atoms with Crippen molar-refractivity contribution in [2.45, 2.75) is 37.6 Å². The van der Waals surface area contributed by atoms with Crippen LogP contribution < -0.4 is 5.73 Å². The van der Waals surface area contributed by atoms with Gasteiger partial charge in [-0.2, -0.15) is 0 Å². The number of rotatable bonds is 6. The number of hydrogen-bond acceptors (Lipinski definition) is 2. The van der Waals surface area contributed by atoms with E-state index < -0.39 is 0 Å². The maximum Gasteiger partial charge on any atom is 0.217 e. The molecule has 1 heterocycles. The first-order valence-electron chi connectivity index (χ1n) is 8.88. The number of hydrogen-bond donors (Lipinski definition) is 1. The van der Waals surface area contributed by atoms with Crippen LogP contribution in [0, 0.1) is 0 Å². The minimum atomic E-state index is -0.211. The molecule has 3 nitrogen and oxygen atoms in total. The summed E-state index contributed by atoms with van der Waals surface area (Å²) in [6, 6.07) is 21.6. The van der Waals surface area contributed by atoms with Crippen LogP contribution in [0.4, 0.5) is 0 Å². The molecule has 2 N–H and O–H groups in total. The molecule has 0 saturated carbocycles. The Kier molecular flexibility index (Phi) is 5.31. The number of nitrogens with two attached hydrogens (primary N) is 1. The van der Waals surface area contributed by atoms with Gasteiger partial charge in [0.25, 0.3) is 0 Å². The average molecular weight is 322 g/mol. The summed E-state index contributed by atoms with van der Waals surface area (Å²) in [6.07, 6.45) is 4.80. The highest BCUT2D eigenvalue weighted by molar-refractivity contribution is 5.73. The van der Waals surface area contributed by atoms with Crippen molar-refractivity contribution in [3.63, 3.8) is 0 Å². The van der Waals surface area contributed by atoms with Crippen LogP contribution >= 0.6 is 0 Å². The van der Waals surface area contributed by atoms with Gasteiger partial charge < -0.3 is 5.73 Å². The standard InChI is InChI=1S/C21H26N2O/c22-20(24)14-9-17-23-16-8-7-15-21(23,18-10-3-1-4-11-18)19-12-5-2-6-13-19/h1-6,10-13H,7-9,14-17H2,(H2,22,24). The zero-order chi connectivity index (χ0) is 16.8. The highest BCUT2D eigenvalue weighted by Crippen LogP contribution is 2.43. The van der Waals surface area contributed by atoms with Crippen LogP contribution in [0.3, 0.4) is 0 Å². The van der Waals surface area contributed by atoms with Crippen LogP contribution in [-0.2, 0) is 10.3 Å². The lowest BCUT2D eigenvalue weighted by molar-refractivity contribution is -0.118. The molecular formula is C21H26N2O. The lowest BCUT2D eigenvalue weighted by atomic mass is 9.75. The quantitative estimate of drug-likeness (QED) is 0.882. The fraction of sp³-hybridized carbons (Fsp3) is 0.381. The topological polar surface area (TPSA) is 46.3 Å². The molecule has 1 aliphatic rings. The fourth-order valence-electron chi connectivity index (χ4n) is 4.03. The van der Waals surface area contributed by atoms with Gasteiger partial charge in [-0.25, -0.2) is 0 Å². The van der Waals surface area contributed by atoms with E-state index in [0.29, 0.717) is 6.42 Å². The van der Waals surface area contributed by atoms with Crippen molar-refractivity contribution < 1.29 is 4.79 Å². The minimum absolute atomic E-state index is 0.0988. The van der Waals surface area contributed by atoms with Gasteiger partial charge in [-0.3, -0.25) is 9.69 Å². The fourth-order valence-corrected chi connectivity index (χ4v) is 4.03. The van der Waals surface area contributed by atoms with E-state index in [1.165, 1.54) is 24.0 Å². The summed E-state index contributed by atoms with van der Waals surface area (Å²) >= 11 is 0. The minimum Gasteiger partial charge on any atom is -0.370 e. The van der Waals surface area contributed by atoms with Crippen LogP contribution in [0.5, 0.6) is 0 Å². The summed E-state index contributed by atoms with van der Waals surface area (Å²) in [6.45, 7) is 1.95. The predicted molar refractivity (Wildman–Crippen MR) is 97.5 cm³/mol. The highest BCUT2D eigenvalue weighted by atomic mass is 16.1. The van der Waals surface area contributed by atoms with Crippen molar-refractivity contribution >= 4 is 5.91 Å². The molecule has 0 unspecified atom stereocenters. The van der Waals surface area contributed by atoms with Crippen LogP contribution in [0.1, 0.15) is 43.2 Å². The lowest BCUT2D eigenvalue weighted by Gasteiger charge is -2.48. The molecule has 1 amide bonds. The van der Waals surface area contributed by atoms with Crippen LogP contribution in [0.2, 0.25) is 0 Å². The van der Waals surface area contributed by atoms with E-state index in [2.05, 4.69) is 65.6 Å². The summed E-state index contributed by atoms with van der Waals surface area (Å²) < 4.78 is 0. The van der Waals surface area contributed by atoms with Crippen molar-refractivity contribution in [3.8, 4) is 0 Å². The van der Waals surface area contributed by atoms with E-state index in [1.54, 1.807) is 0 Å². The van der Waals surface area contributed by atoms with Crippen LogP contribution in [0.25, 0.3) is 0 Å². The van der Waals surface area contributed by atoms with Gasteiger partial charge in [-0.15, -0.1) is 0 Å². The molecule has 3 rings (SSSR count). The predicted octanol–water partition coefficient (Wildman–Crippen LogP) is 3.68. The van der Waals surface area contributed by atoms with Crippen molar-refractivity contribution in [1.82, 2.24) is 4.90 Å². The third kappa shape index (κ3) is 3.36. The number of carbonyl (C=O) groups is 1. The van der Waals surface area contributed by atoms with E-state index in [0.717, 1.165) is 25.9 Å². The maximum absolute atomic E-state index is 11.1. The molecule has 1 fully saturated rings. The molecule has 0 atom stereocenters. The Bertz CT molecular complexity index is 615. The van der Waals surface area contributed by atoms with E-state index in [9.17, 15) is 4.79 Å². The first-order chi connectivity index (χ1) is 11.7. The molecule has 0 spiro atoms. The van der Waals surface area contributed by atoms with Gasteiger partial charge in [0, 0.05) is 6.42 Å². The third-order valence-electron chi connectivity index (χ3n) is 5.11. The van der Waals surface area contributed by atoms with Crippen molar-refractivity contribution in [2.24, 2.45) is 5.73 Å². The summed E-state index contributed by atoms with van der Waals surface area (Å²) in [5.41, 5.74) is 7.93. The van der Waals surface area contributed by atoms with Gasteiger partial charge in [-0.1, -0.05) is 60.7 Å². The molecule has 1 aliphatic heterocycles. The average Bonchev–Trinajstić information content (AvgIpc) is 2.63. The van der Waals surface area contributed by atoms with E-state index in [4.69, 9.17) is 5.73 Å². The van der Waals surface area contributed by atoms with Crippen molar-refractivity contribution in [2.75, 3.05) is 13.1 Å². The molecule has 24 heavy (non-hydrogen) atoms. The van der Waals surface area contributed by atoms with Crippen LogP contribution in [-0.4, -0.2) is 23.9 Å². The van der Waals surface area contributed by atoms with Crippen molar-refractivity contribution in [1.29, 1.82) is 0 Å². The Morgan fingerprint density at radius 3 is 2.08 bits per heavy atom. The Labute approximate surface area is 144 Å². The summed E-state index contributed by atoms with van der Waals surface area (Å²) in [5.74, 6) is -0.211. The molecule has 2 aromatic carbocycles. The molecule has 2 aromatic rings. The monoisotopic (exact) mass is 322 g/mol. The second kappa shape index (κ2) is 7.63. The molecular weight excluding hydrogens is 296 g/mol. The van der Waals surface area contributed by atoms with Gasteiger partial charge in [0.05, 0.1) is 5.54 Å². The summed E-state index contributed by atoms with van der Waals surface area (Å²) in [5, 5.41) is 0. The van der Waals surface area contributed by atoms with Gasteiger partial charge >= 0.3 is 0 Å². The molecule has 0 bridgehead atoms. The van der Waals surface area contributed by atoms with Crippen LogP contribution in [0.15, 0.2) is 60.7 Å². The molecule has 0 aromatic heterocycles. The van der Waals surface area contributed by atoms with Gasteiger partial charge in [0.1, 0.15) is 0 Å². The van der Waals surface area contributed by atoms with Gasteiger partial charge in [0.15, 0.2) is 0 Å². The first kappa shape index (κ1) is 16.7. The molecule has 126 valence electrons. The Morgan fingerprint density at radius 1 is 0.958 bits per heavy atom. The number of amides is 1. The number of piperidine rings is 1. The highest BCUT2D eigenvalue weighted by Gasteiger charge is 2.41. The van der Waals surface area contributed by atoms with E-state index >= 15 is 0 Å². The Hall–Kier alpha value is -2.13. The zero-order valence-corrected chi connectivity index (χ0v) is 14.2. The normalized spacial score (nSPS) is 17.5. The van der Waals surface area contributed by atoms with Crippen molar-refractivity contribution in [3.05, 3.63) is 71.8 Å². The number of primary amides is 1. The second-order valence-electron chi connectivity index (χ2n) is 6.61. The molecule has 1 saturated heterocycles. The molecule has 0 aliphatic carbocycles. The Balaban J connectivity index is 2.00. The number of carbonyl (C=O) groups excluding carboxylic acids is 1. The largest absolute Gasteiger partial charge is 0.370 e. The van der Waals surface area contributed by atoms with E-state index in [-0.39, 0.29) is 11.4 Å². The Morgan fingerprint density at radius 2 is 1.54 bits per heavy atom. The number of nitrogens with zero attached hydrogens (tertiary/aromatic N) is 1. The number of benzene rings is 2. The van der Waals surface area contributed by atoms with Gasteiger partial charge in [-0.05, 0) is 49.9 Å². The first-order valence-corrected chi connectivity index (χ1v) is 8.88. The smallest absolute Gasteiger partial charge is 0.217 e. The lowest BCUT2D eigenvalue weighted by Crippen LogP contribution is -2.50. The third-order valence-corrected chi connectivity index (χ3v) is 5.11. The molecule has 0 radical (unpaired) electrons. The van der Waals surface area contributed by atoms with E-state index in [1.807, 2.05) is 0 Å². The summed E-state index contributed by atoms with van der Waals surface area (Å²) in [7, 11) is 0. The summed E-state index contributed by atoms with van der Waals surface area (Å²) in [4.78, 5) is 13.7. The molecule has 3 heteroatoms. The van der Waals surface area contributed by atoms with Gasteiger partial charge in [0.2, 0.25) is 5.91 Å². The zero-order valence-electron chi connectivity index (χ0n) is 14.2.